The summed E-state index contributed by atoms with van der Waals surface area (Å²) in [7, 11) is 3.17. The van der Waals surface area contributed by atoms with E-state index in [4.69, 9.17) is 14.2 Å². The van der Waals surface area contributed by atoms with Crippen LogP contribution in [0.25, 0.3) is 0 Å². The van der Waals surface area contributed by atoms with Gasteiger partial charge in [-0.2, -0.15) is 0 Å². The summed E-state index contributed by atoms with van der Waals surface area (Å²) in [6, 6.07) is 11.5. The quantitative estimate of drug-likeness (QED) is 0.781. The molecule has 2 aromatic rings. The number of halogens is 1. The average molecular weight is 363 g/mol. The maximum Gasteiger partial charge on any atom is 0.311 e. The fourth-order valence-corrected chi connectivity index (χ4v) is 2.88. The van der Waals surface area contributed by atoms with Gasteiger partial charge in [0.15, 0.2) is 17.6 Å². The van der Waals surface area contributed by atoms with Gasteiger partial charge in [0.2, 0.25) is 0 Å². The number of benzene rings is 2. The second-order valence-electron chi connectivity index (χ2n) is 5.00. The first-order chi connectivity index (χ1) is 10.6. The van der Waals surface area contributed by atoms with E-state index in [0.717, 1.165) is 21.2 Å². The first-order valence-corrected chi connectivity index (χ1v) is 7.61. The lowest BCUT2D eigenvalue weighted by atomic mass is 9.92. The van der Waals surface area contributed by atoms with Gasteiger partial charge in [-0.05, 0) is 35.4 Å². The van der Waals surface area contributed by atoms with E-state index >= 15 is 0 Å². The van der Waals surface area contributed by atoms with Crippen molar-refractivity contribution in [3.63, 3.8) is 0 Å². The maximum absolute atomic E-state index is 11.9. The summed E-state index contributed by atoms with van der Waals surface area (Å²) >= 11 is 3.41. The van der Waals surface area contributed by atoms with Crippen LogP contribution in [0.4, 0.5) is 0 Å². The molecule has 1 heterocycles. The van der Waals surface area contributed by atoms with Crippen molar-refractivity contribution in [1.29, 1.82) is 0 Å². The molecule has 0 bridgehead atoms. The minimum atomic E-state index is -0.427. The number of fused-ring (bicyclic) bond motifs is 1. The smallest absolute Gasteiger partial charge is 0.311 e. The number of ether oxygens (including phenoxy) is 3. The van der Waals surface area contributed by atoms with E-state index in [1.807, 2.05) is 36.4 Å². The molecular formula is C17H15BrO4. The van der Waals surface area contributed by atoms with Crippen molar-refractivity contribution in [3.8, 4) is 11.5 Å². The Morgan fingerprint density at radius 1 is 1.09 bits per heavy atom. The molecule has 3 rings (SSSR count). The van der Waals surface area contributed by atoms with Gasteiger partial charge in [0.05, 0.1) is 20.6 Å². The van der Waals surface area contributed by atoms with Gasteiger partial charge in [0.25, 0.3) is 0 Å². The first-order valence-electron chi connectivity index (χ1n) is 6.82. The fraction of sp³-hybridized carbons (Fsp3) is 0.235. The van der Waals surface area contributed by atoms with Crippen LogP contribution in [0.1, 0.15) is 22.8 Å². The zero-order chi connectivity index (χ0) is 15.7. The van der Waals surface area contributed by atoms with E-state index in [1.165, 1.54) is 0 Å². The molecule has 1 atom stereocenters. The van der Waals surface area contributed by atoms with Crippen molar-refractivity contribution < 1.29 is 19.0 Å². The van der Waals surface area contributed by atoms with Gasteiger partial charge in [-0.15, -0.1) is 0 Å². The van der Waals surface area contributed by atoms with Crippen molar-refractivity contribution >= 4 is 21.9 Å². The maximum atomic E-state index is 11.9. The molecule has 1 unspecified atom stereocenters. The summed E-state index contributed by atoms with van der Waals surface area (Å²) in [5, 5.41) is 0. The fourth-order valence-electron chi connectivity index (χ4n) is 2.61. The molecule has 2 aromatic carbocycles. The molecule has 1 aliphatic heterocycles. The number of hydrogen-bond acceptors (Lipinski definition) is 4. The molecule has 0 saturated heterocycles. The minimum absolute atomic E-state index is 0.239. The van der Waals surface area contributed by atoms with Crippen molar-refractivity contribution in [1.82, 2.24) is 0 Å². The van der Waals surface area contributed by atoms with E-state index < -0.39 is 6.10 Å². The third-order valence-electron chi connectivity index (χ3n) is 3.68. The van der Waals surface area contributed by atoms with Crippen LogP contribution in [0, 0.1) is 0 Å². The summed E-state index contributed by atoms with van der Waals surface area (Å²) < 4.78 is 17.2. The van der Waals surface area contributed by atoms with Gasteiger partial charge in [-0.3, -0.25) is 4.79 Å². The van der Waals surface area contributed by atoms with Crippen LogP contribution in [0.3, 0.4) is 0 Å². The average Bonchev–Trinajstić information content (AvgIpc) is 2.53. The van der Waals surface area contributed by atoms with Gasteiger partial charge in [0.1, 0.15) is 0 Å². The predicted octanol–water partition coefficient (Wildman–Crippen LogP) is 3.66. The molecule has 114 valence electrons. The molecule has 0 spiro atoms. The van der Waals surface area contributed by atoms with Gasteiger partial charge >= 0.3 is 5.97 Å². The molecule has 0 saturated carbocycles. The lowest BCUT2D eigenvalue weighted by Crippen LogP contribution is -2.22. The number of cyclic esters (lactones) is 1. The predicted molar refractivity (Wildman–Crippen MR) is 85.3 cm³/mol. The van der Waals surface area contributed by atoms with E-state index in [0.29, 0.717) is 11.5 Å². The zero-order valence-electron chi connectivity index (χ0n) is 12.3. The largest absolute Gasteiger partial charge is 0.493 e. The zero-order valence-corrected chi connectivity index (χ0v) is 13.8. The Bertz CT molecular complexity index is 709. The topological polar surface area (TPSA) is 44.8 Å². The molecule has 0 N–H and O–H groups in total. The van der Waals surface area contributed by atoms with Gasteiger partial charge in [0, 0.05) is 10.0 Å². The van der Waals surface area contributed by atoms with Crippen molar-refractivity contribution in [2.75, 3.05) is 14.2 Å². The Balaban J connectivity index is 2.11. The molecule has 5 heteroatoms. The third-order valence-corrected chi connectivity index (χ3v) is 4.21. The number of esters is 1. The van der Waals surface area contributed by atoms with Gasteiger partial charge < -0.3 is 14.2 Å². The number of carbonyl (C=O) groups is 1. The molecule has 1 aliphatic rings. The van der Waals surface area contributed by atoms with Crippen LogP contribution in [-0.4, -0.2) is 20.2 Å². The highest BCUT2D eigenvalue weighted by atomic mass is 79.9. The summed E-state index contributed by atoms with van der Waals surface area (Å²) in [6.45, 7) is 0. The van der Waals surface area contributed by atoms with Crippen molar-refractivity contribution in [2.45, 2.75) is 12.5 Å². The Morgan fingerprint density at radius 2 is 1.73 bits per heavy atom. The molecule has 22 heavy (non-hydrogen) atoms. The van der Waals surface area contributed by atoms with E-state index in [-0.39, 0.29) is 12.4 Å². The van der Waals surface area contributed by atoms with Crippen LogP contribution >= 0.6 is 15.9 Å². The molecule has 0 aliphatic carbocycles. The molecular weight excluding hydrogens is 348 g/mol. The summed E-state index contributed by atoms with van der Waals surface area (Å²) in [5.41, 5.74) is 2.76. The Kier molecular flexibility index (Phi) is 4.07. The van der Waals surface area contributed by atoms with Crippen LogP contribution in [-0.2, 0) is 16.0 Å². The molecule has 4 nitrogen and oxygen atoms in total. The molecule has 0 aromatic heterocycles. The van der Waals surface area contributed by atoms with Crippen LogP contribution in [0.5, 0.6) is 11.5 Å². The van der Waals surface area contributed by atoms with E-state index in [2.05, 4.69) is 15.9 Å². The summed E-state index contributed by atoms with van der Waals surface area (Å²) in [6.07, 6.45) is -0.188. The Labute approximate surface area is 137 Å². The molecule has 0 radical (unpaired) electrons. The lowest BCUT2D eigenvalue weighted by molar-refractivity contribution is -0.148. The SMILES string of the molecule is COc1cc2c(cc1OC)C(c1ccc(Br)cc1)OC(=O)C2. The van der Waals surface area contributed by atoms with Crippen molar-refractivity contribution in [3.05, 3.63) is 57.6 Å². The Morgan fingerprint density at radius 3 is 2.36 bits per heavy atom. The van der Waals surface area contributed by atoms with Crippen molar-refractivity contribution in [2.24, 2.45) is 0 Å². The second kappa shape index (κ2) is 6.01. The summed E-state index contributed by atoms with van der Waals surface area (Å²) in [4.78, 5) is 11.9. The highest BCUT2D eigenvalue weighted by molar-refractivity contribution is 9.10. The lowest BCUT2D eigenvalue weighted by Gasteiger charge is -2.27. The number of carbonyl (C=O) groups excluding carboxylic acids is 1. The second-order valence-corrected chi connectivity index (χ2v) is 5.92. The first kappa shape index (κ1) is 14.9. The van der Waals surface area contributed by atoms with Gasteiger partial charge in [-0.1, -0.05) is 28.1 Å². The monoisotopic (exact) mass is 362 g/mol. The molecule has 0 fully saturated rings. The van der Waals surface area contributed by atoms with E-state index in [1.54, 1.807) is 14.2 Å². The Hall–Kier alpha value is -2.01. The molecule has 0 amide bonds. The third kappa shape index (κ3) is 2.68. The van der Waals surface area contributed by atoms with Crippen LogP contribution in [0.15, 0.2) is 40.9 Å². The highest BCUT2D eigenvalue weighted by Crippen LogP contribution is 2.40. The van der Waals surface area contributed by atoms with Crippen LogP contribution in [0.2, 0.25) is 0 Å². The number of hydrogen-bond donors (Lipinski definition) is 0. The van der Waals surface area contributed by atoms with Gasteiger partial charge in [-0.25, -0.2) is 0 Å². The normalized spacial score (nSPS) is 16.7. The highest BCUT2D eigenvalue weighted by Gasteiger charge is 2.29. The van der Waals surface area contributed by atoms with E-state index in [9.17, 15) is 4.79 Å². The number of methoxy groups -OCH3 is 2. The summed E-state index contributed by atoms with van der Waals surface area (Å²) in [5.74, 6) is 0.999. The number of rotatable bonds is 3. The minimum Gasteiger partial charge on any atom is -0.493 e. The van der Waals surface area contributed by atoms with Crippen LogP contribution < -0.4 is 9.47 Å². The standard InChI is InChI=1S/C17H15BrO4/c1-20-14-7-11-8-16(19)22-17(13(11)9-15(14)21-2)10-3-5-12(18)6-4-10/h3-7,9,17H,8H2,1-2H3.